The molecule has 0 radical (unpaired) electrons. The molecule has 0 saturated carbocycles. The maximum atomic E-state index is 13.1. The molecule has 3 aromatic carbocycles. The van der Waals surface area contributed by atoms with Crippen LogP contribution in [0.5, 0.6) is 17.2 Å². The molecule has 4 rings (SSSR count). The summed E-state index contributed by atoms with van der Waals surface area (Å²) in [6.45, 7) is 3.49. The number of barbiturate groups is 1. The van der Waals surface area contributed by atoms with Crippen LogP contribution in [0.25, 0.3) is 6.08 Å². The second-order valence-electron chi connectivity index (χ2n) is 8.66. The number of phenols is 1. The normalized spacial score (nSPS) is 14.3. The molecule has 1 heterocycles. The molecule has 0 bridgehead atoms. The molecule has 5 amide bonds. The van der Waals surface area contributed by atoms with Crippen LogP contribution in [0.2, 0.25) is 5.02 Å². The van der Waals surface area contributed by atoms with Crippen LogP contribution < -0.4 is 25.0 Å². The molecule has 0 unspecified atom stereocenters. The lowest BCUT2D eigenvalue weighted by molar-refractivity contribution is -0.122. The molecule has 0 aliphatic carbocycles. The number of benzene rings is 3. The van der Waals surface area contributed by atoms with Crippen LogP contribution in [0.1, 0.15) is 16.7 Å². The second-order valence-corrected chi connectivity index (χ2v) is 9.07. The van der Waals surface area contributed by atoms with Crippen molar-refractivity contribution in [3.63, 3.8) is 0 Å². The number of aryl methyl sites for hydroxylation is 2. The number of aromatic hydroxyl groups is 1. The van der Waals surface area contributed by atoms with Crippen molar-refractivity contribution in [1.29, 1.82) is 0 Å². The van der Waals surface area contributed by atoms with Crippen LogP contribution in [-0.2, 0) is 14.4 Å². The maximum Gasteiger partial charge on any atom is 0.335 e. The van der Waals surface area contributed by atoms with Crippen molar-refractivity contribution < 1.29 is 33.8 Å². The molecule has 200 valence electrons. The Hall–Kier alpha value is -4.83. The summed E-state index contributed by atoms with van der Waals surface area (Å²) >= 11 is 6.41. The number of methoxy groups -OCH3 is 1. The summed E-state index contributed by atoms with van der Waals surface area (Å²) in [6.07, 6.45) is 1.25. The Morgan fingerprint density at radius 1 is 1.08 bits per heavy atom. The van der Waals surface area contributed by atoms with Gasteiger partial charge in [0.1, 0.15) is 11.3 Å². The van der Waals surface area contributed by atoms with E-state index in [9.17, 15) is 24.3 Å². The first kappa shape index (κ1) is 27.2. The minimum atomic E-state index is -0.925. The van der Waals surface area contributed by atoms with Gasteiger partial charge in [-0.2, -0.15) is 0 Å². The van der Waals surface area contributed by atoms with Crippen molar-refractivity contribution in [3.05, 3.63) is 81.9 Å². The quantitative estimate of drug-likeness (QED) is 0.294. The Kier molecular flexibility index (Phi) is 7.87. The Morgan fingerprint density at radius 2 is 1.79 bits per heavy atom. The molecule has 1 saturated heterocycles. The number of imide groups is 2. The summed E-state index contributed by atoms with van der Waals surface area (Å²) in [5, 5.41) is 14.5. The average molecular weight is 550 g/mol. The highest BCUT2D eigenvalue weighted by atomic mass is 35.5. The third-order valence-corrected chi connectivity index (χ3v) is 6.06. The van der Waals surface area contributed by atoms with E-state index in [-0.39, 0.29) is 40.1 Å². The summed E-state index contributed by atoms with van der Waals surface area (Å²) in [5.74, 6) is -1.97. The summed E-state index contributed by atoms with van der Waals surface area (Å²) in [7, 11) is 1.37. The van der Waals surface area contributed by atoms with E-state index in [0.29, 0.717) is 11.3 Å². The average Bonchev–Trinajstić information content (AvgIpc) is 2.88. The Balaban J connectivity index is 1.55. The number of nitrogens with one attached hydrogen (secondary N) is 2. The molecular weight excluding hydrogens is 526 g/mol. The Morgan fingerprint density at radius 3 is 2.46 bits per heavy atom. The van der Waals surface area contributed by atoms with Gasteiger partial charge in [0.2, 0.25) is 0 Å². The fraction of sp³-hybridized carbons (Fsp3) is 0.143. The van der Waals surface area contributed by atoms with Gasteiger partial charge in [0.05, 0.1) is 17.8 Å². The van der Waals surface area contributed by atoms with Crippen LogP contribution >= 0.6 is 11.6 Å². The lowest BCUT2D eigenvalue weighted by Gasteiger charge is -2.26. The molecule has 1 aliphatic rings. The molecule has 11 heteroatoms. The first-order chi connectivity index (χ1) is 18.6. The number of carbonyl (C=O) groups is 4. The highest BCUT2D eigenvalue weighted by Gasteiger charge is 2.37. The number of urea groups is 1. The third kappa shape index (κ3) is 6.02. The number of carbonyl (C=O) groups excluding carboxylic acids is 4. The maximum absolute atomic E-state index is 13.1. The monoisotopic (exact) mass is 549 g/mol. The molecule has 0 atom stereocenters. The number of nitrogens with zero attached hydrogens (tertiary/aromatic N) is 1. The first-order valence-corrected chi connectivity index (χ1v) is 12.0. The Bertz CT molecular complexity index is 1520. The smallest absolute Gasteiger partial charge is 0.335 e. The number of phenolic OH excluding ortho intramolecular Hbond substituents is 1. The predicted octanol–water partition coefficient (Wildman–Crippen LogP) is 4.35. The van der Waals surface area contributed by atoms with Gasteiger partial charge in [-0.25, -0.2) is 9.69 Å². The molecular formula is C28H24ClN3O7. The summed E-state index contributed by atoms with van der Waals surface area (Å²) < 4.78 is 11.0. The van der Waals surface area contributed by atoms with Gasteiger partial charge in [-0.1, -0.05) is 29.3 Å². The third-order valence-electron chi connectivity index (χ3n) is 5.78. The minimum Gasteiger partial charge on any atom is -0.508 e. The topological polar surface area (TPSA) is 134 Å². The number of halogens is 1. The zero-order chi connectivity index (χ0) is 28.3. The van der Waals surface area contributed by atoms with Crippen molar-refractivity contribution in [2.75, 3.05) is 23.9 Å². The number of hydrogen-bond acceptors (Lipinski definition) is 7. The molecule has 0 aromatic heterocycles. The largest absolute Gasteiger partial charge is 0.508 e. The van der Waals surface area contributed by atoms with E-state index in [1.807, 2.05) is 26.0 Å². The molecule has 1 aliphatic heterocycles. The van der Waals surface area contributed by atoms with Crippen molar-refractivity contribution in [3.8, 4) is 17.2 Å². The van der Waals surface area contributed by atoms with Crippen molar-refractivity contribution in [2.24, 2.45) is 0 Å². The summed E-state index contributed by atoms with van der Waals surface area (Å²) in [5.41, 5.74) is 2.77. The molecule has 0 spiro atoms. The zero-order valence-electron chi connectivity index (χ0n) is 21.2. The second kappa shape index (κ2) is 11.3. The van der Waals surface area contributed by atoms with Gasteiger partial charge in [-0.05, 0) is 73.5 Å². The van der Waals surface area contributed by atoms with Crippen LogP contribution in [-0.4, -0.2) is 42.6 Å². The van der Waals surface area contributed by atoms with Gasteiger partial charge in [-0.15, -0.1) is 0 Å². The van der Waals surface area contributed by atoms with Crippen LogP contribution in [0.15, 0.2) is 60.2 Å². The van der Waals surface area contributed by atoms with E-state index >= 15 is 0 Å². The first-order valence-electron chi connectivity index (χ1n) is 11.7. The number of hydrogen-bond donors (Lipinski definition) is 3. The van der Waals surface area contributed by atoms with E-state index in [0.717, 1.165) is 16.0 Å². The highest BCUT2D eigenvalue weighted by Crippen LogP contribution is 2.37. The molecule has 39 heavy (non-hydrogen) atoms. The number of ether oxygens (including phenoxy) is 2. The van der Waals surface area contributed by atoms with E-state index in [4.69, 9.17) is 21.1 Å². The highest BCUT2D eigenvalue weighted by molar-refractivity contribution is 6.39. The molecule has 3 aromatic rings. The zero-order valence-corrected chi connectivity index (χ0v) is 22.0. The molecule has 1 fully saturated rings. The van der Waals surface area contributed by atoms with E-state index < -0.39 is 23.8 Å². The predicted molar refractivity (Wildman–Crippen MR) is 145 cm³/mol. The Labute approximate surface area is 228 Å². The van der Waals surface area contributed by atoms with E-state index in [2.05, 4.69) is 10.6 Å². The number of amides is 5. The van der Waals surface area contributed by atoms with Gasteiger partial charge in [0, 0.05) is 5.69 Å². The number of rotatable bonds is 7. The standard InChI is InChI=1S/C28H24ClN3O7/c1-15-4-9-22(16(2)10-15)30-24(34)14-39-25-21(29)12-17(13-23(25)38-3)11-20-26(35)31-28(37)32(27(20)36)18-5-7-19(33)8-6-18/h4-13,33H,14H2,1-3H3,(H,30,34)(H,31,35,37)/b20-11-. The van der Waals surface area contributed by atoms with Crippen LogP contribution in [0.3, 0.4) is 0 Å². The molecule has 3 N–H and O–H groups in total. The van der Waals surface area contributed by atoms with Gasteiger partial charge in [-0.3, -0.25) is 19.7 Å². The van der Waals surface area contributed by atoms with Gasteiger partial charge in [0.25, 0.3) is 17.7 Å². The molecule has 10 nitrogen and oxygen atoms in total. The lowest BCUT2D eigenvalue weighted by Crippen LogP contribution is -2.54. The van der Waals surface area contributed by atoms with Crippen molar-refractivity contribution in [1.82, 2.24) is 5.32 Å². The SMILES string of the molecule is COc1cc(/C=C2/C(=O)NC(=O)N(c3ccc(O)cc3)C2=O)cc(Cl)c1OCC(=O)Nc1ccc(C)cc1C. The van der Waals surface area contributed by atoms with E-state index in [1.165, 1.54) is 49.6 Å². The van der Waals surface area contributed by atoms with Gasteiger partial charge >= 0.3 is 6.03 Å². The number of anilines is 2. The van der Waals surface area contributed by atoms with Crippen molar-refractivity contribution in [2.45, 2.75) is 13.8 Å². The summed E-state index contributed by atoms with van der Waals surface area (Å²) in [4.78, 5) is 51.2. The van der Waals surface area contributed by atoms with Gasteiger partial charge < -0.3 is 19.9 Å². The lowest BCUT2D eigenvalue weighted by atomic mass is 10.1. The van der Waals surface area contributed by atoms with Gasteiger partial charge in [0.15, 0.2) is 18.1 Å². The van der Waals surface area contributed by atoms with Crippen LogP contribution in [0, 0.1) is 13.8 Å². The van der Waals surface area contributed by atoms with Crippen molar-refractivity contribution >= 4 is 52.8 Å². The fourth-order valence-corrected chi connectivity index (χ4v) is 4.18. The van der Waals surface area contributed by atoms with Crippen LogP contribution in [0.4, 0.5) is 16.2 Å². The minimum absolute atomic E-state index is 0.0535. The van der Waals surface area contributed by atoms with E-state index in [1.54, 1.807) is 6.07 Å². The fourth-order valence-electron chi connectivity index (χ4n) is 3.90. The summed E-state index contributed by atoms with van der Waals surface area (Å²) in [6, 6.07) is 12.9.